The second-order valence-electron chi connectivity index (χ2n) is 7.00. The van der Waals surface area contributed by atoms with Gasteiger partial charge in [0.1, 0.15) is 5.82 Å². The van der Waals surface area contributed by atoms with Crippen molar-refractivity contribution in [2.24, 2.45) is 0 Å². The first-order chi connectivity index (χ1) is 14.6. The van der Waals surface area contributed by atoms with Crippen molar-refractivity contribution in [3.63, 3.8) is 0 Å². The maximum Gasteiger partial charge on any atom is 0.270 e. The Hall–Kier alpha value is -3.46. The lowest BCUT2D eigenvalue weighted by molar-refractivity contribution is -0.384. The number of nitrogens with one attached hydrogen (secondary N) is 1. The predicted octanol–water partition coefficient (Wildman–Crippen LogP) is 2.73. The Morgan fingerprint density at radius 2 is 2.00 bits per heavy atom. The zero-order valence-electron chi connectivity index (χ0n) is 16.7. The van der Waals surface area contributed by atoms with Crippen molar-refractivity contribution in [1.82, 2.24) is 14.9 Å². The largest absolute Gasteiger partial charge is 0.378 e. The molecule has 1 aliphatic rings. The summed E-state index contributed by atoms with van der Waals surface area (Å²) in [5.41, 5.74) is 2.72. The van der Waals surface area contributed by atoms with Crippen LogP contribution >= 0.6 is 0 Å². The van der Waals surface area contributed by atoms with Crippen LogP contribution in [0.25, 0.3) is 11.0 Å². The summed E-state index contributed by atoms with van der Waals surface area (Å²) in [5, 5.41) is 14.1. The molecule has 0 radical (unpaired) electrons. The van der Waals surface area contributed by atoms with Gasteiger partial charge in [-0.15, -0.1) is 0 Å². The molecule has 0 bridgehead atoms. The number of imidazole rings is 1. The number of nitro benzene ring substituents is 1. The molecule has 3 aromatic rings. The molecule has 2 heterocycles. The van der Waals surface area contributed by atoms with Crippen molar-refractivity contribution >= 4 is 28.3 Å². The van der Waals surface area contributed by atoms with E-state index in [-0.39, 0.29) is 23.7 Å². The number of aryl methyl sites for hydroxylation is 1. The number of ether oxygens (including phenoxy) is 1. The summed E-state index contributed by atoms with van der Waals surface area (Å²) in [6, 6.07) is 12.2. The van der Waals surface area contributed by atoms with E-state index in [9.17, 15) is 14.9 Å². The molecule has 9 nitrogen and oxygen atoms in total. The number of carbonyl (C=O) groups is 1. The second-order valence-corrected chi connectivity index (χ2v) is 7.00. The molecule has 30 heavy (non-hydrogen) atoms. The third kappa shape index (κ3) is 3.84. The fourth-order valence-electron chi connectivity index (χ4n) is 3.77. The fourth-order valence-corrected chi connectivity index (χ4v) is 3.77. The Morgan fingerprint density at radius 1 is 1.23 bits per heavy atom. The van der Waals surface area contributed by atoms with E-state index in [4.69, 9.17) is 4.74 Å². The number of hydrogen-bond acceptors (Lipinski definition) is 6. The van der Waals surface area contributed by atoms with E-state index < -0.39 is 4.92 Å². The minimum absolute atomic E-state index is 0.113. The fraction of sp³-hybridized carbons (Fsp3) is 0.333. The highest BCUT2D eigenvalue weighted by molar-refractivity contribution is 6.00. The molecule has 9 heteroatoms. The highest BCUT2D eigenvalue weighted by Crippen LogP contribution is 2.26. The topological polar surface area (TPSA) is 103 Å². The van der Waals surface area contributed by atoms with Gasteiger partial charge in [0.05, 0.1) is 47.0 Å². The van der Waals surface area contributed by atoms with Gasteiger partial charge in [-0.1, -0.05) is 12.1 Å². The number of benzene rings is 2. The van der Waals surface area contributed by atoms with Crippen LogP contribution in [0, 0.1) is 10.1 Å². The maximum atomic E-state index is 13.0. The summed E-state index contributed by atoms with van der Waals surface area (Å²) in [6.45, 7) is 5.34. The molecule has 1 saturated heterocycles. The second kappa shape index (κ2) is 8.50. The van der Waals surface area contributed by atoms with Crippen molar-refractivity contribution < 1.29 is 14.5 Å². The Morgan fingerprint density at radius 3 is 2.73 bits per heavy atom. The van der Waals surface area contributed by atoms with Crippen molar-refractivity contribution in [3.05, 3.63) is 64.0 Å². The van der Waals surface area contributed by atoms with Crippen molar-refractivity contribution in [2.75, 3.05) is 31.2 Å². The van der Waals surface area contributed by atoms with Gasteiger partial charge >= 0.3 is 0 Å². The molecule has 1 N–H and O–H groups in total. The summed E-state index contributed by atoms with van der Waals surface area (Å²) in [6.07, 6.45) is 0. The summed E-state index contributed by atoms with van der Waals surface area (Å²) >= 11 is 0. The van der Waals surface area contributed by atoms with Crippen LogP contribution in [0.15, 0.2) is 42.5 Å². The minimum atomic E-state index is -0.490. The molecule has 156 valence electrons. The highest BCUT2D eigenvalue weighted by Gasteiger charge is 2.22. The first-order valence-corrected chi connectivity index (χ1v) is 9.92. The number of morpholine rings is 1. The van der Waals surface area contributed by atoms with E-state index in [0.29, 0.717) is 32.0 Å². The number of non-ortho nitro benzene ring substituents is 1. The Kier molecular flexibility index (Phi) is 5.62. The van der Waals surface area contributed by atoms with Gasteiger partial charge in [0.25, 0.3) is 11.6 Å². The number of para-hydroxylation sites is 2. The lowest BCUT2D eigenvalue weighted by Crippen LogP contribution is -2.38. The van der Waals surface area contributed by atoms with Gasteiger partial charge in [0.15, 0.2) is 0 Å². The maximum absolute atomic E-state index is 13.0. The molecule has 0 aliphatic carbocycles. The van der Waals surface area contributed by atoms with E-state index >= 15 is 0 Å². The standard InChI is InChI=1S/C21H23N5O4/c1-2-25-19-6-4-3-5-17(19)23-20(25)14-22-21(27)16-13-15(26(28)29)7-8-18(16)24-9-11-30-12-10-24/h3-8,13H,2,9-12,14H2,1H3,(H,22,27). The molecule has 2 aromatic carbocycles. The molecule has 4 rings (SSSR count). The Labute approximate surface area is 173 Å². The average molecular weight is 409 g/mol. The number of nitro groups is 1. The number of rotatable bonds is 6. The van der Waals surface area contributed by atoms with Gasteiger partial charge in [-0.25, -0.2) is 4.98 Å². The quantitative estimate of drug-likeness (QED) is 0.496. The lowest BCUT2D eigenvalue weighted by Gasteiger charge is -2.30. The molecule has 0 saturated carbocycles. The van der Waals surface area contributed by atoms with Gasteiger partial charge < -0.3 is 19.5 Å². The molecule has 1 aromatic heterocycles. The first kappa shape index (κ1) is 19.8. The van der Waals surface area contributed by atoms with Crippen LogP contribution in [-0.2, 0) is 17.8 Å². The van der Waals surface area contributed by atoms with Crippen LogP contribution in [0.2, 0.25) is 0 Å². The SMILES string of the molecule is CCn1c(CNC(=O)c2cc([N+](=O)[O-])ccc2N2CCOCC2)nc2ccccc21. The number of aromatic nitrogens is 2. The van der Waals surface area contributed by atoms with E-state index in [0.717, 1.165) is 23.4 Å². The molecule has 1 amide bonds. The van der Waals surface area contributed by atoms with E-state index in [1.54, 1.807) is 6.07 Å². The normalized spacial score (nSPS) is 14.1. The smallest absolute Gasteiger partial charge is 0.270 e. The number of anilines is 1. The summed E-state index contributed by atoms with van der Waals surface area (Å²) < 4.78 is 7.43. The van der Waals surface area contributed by atoms with Gasteiger partial charge in [-0.2, -0.15) is 0 Å². The summed E-state index contributed by atoms with van der Waals surface area (Å²) in [4.78, 5) is 30.4. The van der Waals surface area contributed by atoms with Crippen LogP contribution in [0.3, 0.4) is 0 Å². The van der Waals surface area contributed by atoms with E-state index in [1.165, 1.54) is 12.1 Å². The van der Waals surface area contributed by atoms with E-state index in [2.05, 4.69) is 10.3 Å². The Balaban J connectivity index is 1.61. The van der Waals surface area contributed by atoms with Gasteiger partial charge in [0.2, 0.25) is 0 Å². The Bertz CT molecular complexity index is 1090. The molecule has 0 unspecified atom stereocenters. The van der Waals surface area contributed by atoms with Crippen molar-refractivity contribution in [1.29, 1.82) is 0 Å². The number of amides is 1. The molecular formula is C21H23N5O4. The number of hydrogen-bond donors (Lipinski definition) is 1. The number of nitrogens with zero attached hydrogens (tertiary/aromatic N) is 4. The summed E-state index contributed by atoms with van der Waals surface area (Å²) in [5.74, 6) is 0.375. The van der Waals surface area contributed by atoms with Gasteiger partial charge in [-0.3, -0.25) is 14.9 Å². The first-order valence-electron chi connectivity index (χ1n) is 9.92. The predicted molar refractivity (Wildman–Crippen MR) is 113 cm³/mol. The van der Waals surface area contributed by atoms with Crippen LogP contribution in [0.5, 0.6) is 0 Å². The molecule has 0 spiro atoms. The monoisotopic (exact) mass is 409 g/mol. The van der Waals surface area contributed by atoms with Crippen LogP contribution in [0.4, 0.5) is 11.4 Å². The van der Waals surface area contributed by atoms with Gasteiger partial charge in [0, 0.05) is 31.8 Å². The minimum Gasteiger partial charge on any atom is -0.378 e. The highest BCUT2D eigenvalue weighted by atomic mass is 16.6. The molecular weight excluding hydrogens is 386 g/mol. The van der Waals surface area contributed by atoms with E-state index in [1.807, 2.05) is 40.7 Å². The van der Waals surface area contributed by atoms with Gasteiger partial charge in [-0.05, 0) is 25.1 Å². The third-order valence-corrected chi connectivity index (χ3v) is 5.24. The van der Waals surface area contributed by atoms with Crippen LogP contribution in [0.1, 0.15) is 23.1 Å². The van der Waals surface area contributed by atoms with Crippen molar-refractivity contribution in [3.8, 4) is 0 Å². The number of fused-ring (bicyclic) bond motifs is 1. The molecule has 1 fully saturated rings. The number of carbonyl (C=O) groups excluding carboxylic acids is 1. The molecule has 0 atom stereocenters. The zero-order valence-corrected chi connectivity index (χ0v) is 16.7. The van der Waals surface area contributed by atoms with Crippen molar-refractivity contribution in [2.45, 2.75) is 20.0 Å². The summed E-state index contributed by atoms with van der Waals surface area (Å²) in [7, 11) is 0. The molecule has 1 aliphatic heterocycles. The average Bonchev–Trinajstić information content (AvgIpc) is 3.15. The van der Waals surface area contributed by atoms with Crippen LogP contribution in [-0.4, -0.2) is 46.7 Å². The third-order valence-electron chi connectivity index (χ3n) is 5.24. The van der Waals surface area contributed by atoms with Crippen LogP contribution < -0.4 is 10.2 Å². The zero-order chi connectivity index (χ0) is 21.1. The lowest BCUT2D eigenvalue weighted by atomic mass is 10.1.